The number of hydrogen-bond donors (Lipinski definition) is 5. The normalized spacial score (nSPS) is 33.0. The molecule has 142 valence electrons. The Morgan fingerprint density at radius 1 is 0.880 bits per heavy atom. The van der Waals surface area contributed by atoms with Crippen LogP contribution in [0.4, 0.5) is 4.79 Å². The summed E-state index contributed by atoms with van der Waals surface area (Å²) in [5, 5.41) is 28.6. The summed E-state index contributed by atoms with van der Waals surface area (Å²) in [7, 11) is 0. The Balaban J connectivity index is 1.39. The van der Waals surface area contributed by atoms with Crippen LogP contribution in [0, 0.1) is 0 Å². The van der Waals surface area contributed by atoms with Gasteiger partial charge in [0.15, 0.2) is 0 Å². The van der Waals surface area contributed by atoms with E-state index in [1.165, 1.54) is 6.42 Å². The Kier molecular flexibility index (Phi) is 6.14. The number of rotatable bonds is 6. The monoisotopic (exact) mass is 355 g/mol. The zero-order valence-electron chi connectivity index (χ0n) is 14.4. The molecule has 5 N–H and O–H groups in total. The molecule has 2 aliphatic carbocycles. The SMILES string of the molecule is O=C(C[C@@H]1O[C@H](CNC(=O)NC2CCCCC2)[C@@H](O)[C@H]1O)NC1CC1. The van der Waals surface area contributed by atoms with Crippen LogP contribution in [0.5, 0.6) is 0 Å². The van der Waals surface area contributed by atoms with Gasteiger partial charge < -0.3 is 30.9 Å². The second-order valence-electron chi connectivity index (χ2n) is 7.43. The van der Waals surface area contributed by atoms with Crippen LogP contribution in [0.1, 0.15) is 51.4 Å². The molecular weight excluding hydrogens is 326 g/mol. The molecule has 0 aromatic carbocycles. The highest BCUT2D eigenvalue weighted by atomic mass is 16.5. The predicted molar refractivity (Wildman–Crippen MR) is 89.9 cm³/mol. The molecule has 3 rings (SSSR count). The summed E-state index contributed by atoms with van der Waals surface area (Å²) in [5.41, 5.74) is 0. The van der Waals surface area contributed by atoms with E-state index < -0.39 is 24.4 Å². The summed E-state index contributed by atoms with van der Waals surface area (Å²) in [6.45, 7) is 0.0948. The van der Waals surface area contributed by atoms with E-state index in [0.717, 1.165) is 38.5 Å². The second kappa shape index (κ2) is 8.33. The van der Waals surface area contributed by atoms with Gasteiger partial charge in [-0.3, -0.25) is 4.79 Å². The van der Waals surface area contributed by atoms with Crippen LogP contribution < -0.4 is 16.0 Å². The molecular formula is C17H29N3O5. The maximum absolute atomic E-state index is 12.0. The third kappa shape index (κ3) is 5.29. The molecule has 1 saturated heterocycles. The van der Waals surface area contributed by atoms with Crippen LogP contribution in [-0.2, 0) is 9.53 Å². The number of carbonyl (C=O) groups is 2. The van der Waals surface area contributed by atoms with Gasteiger partial charge in [0, 0.05) is 18.6 Å². The van der Waals surface area contributed by atoms with Crippen molar-refractivity contribution in [3.05, 3.63) is 0 Å². The van der Waals surface area contributed by atoms with E-state index >= 15 is 0 Å². The zero-order chi connectivity index (χ0) is 17.8. The van der Waals surface area contributed by atoms with Crippen LogP contribution in [-0.4, -0.2) is 65.2 Å². The third-order valence-corrected chi connectivity index (χ3v) is 5.19. The Labute approximate surface area is 147 Å². The average molecular weight is 355 g/mol. The number of aliphatic hydroxyl groups excluding tert-OH is 2. The summed E-state index contributed by atoms with van der Waals surface area (Å²) < 4.78 is 5.60. The molecule has 0 radical (unpaired) electrons. The molecule has 3 fully saturated rings. The molecule has 1 aliphatic heterocycles. The number of ether oxygens (including phenoxy) is 1. The average Bonchev–Trinajstić information content (AvgIpc) is 3.36. The standard InChI is InChI=1S/C17H29N3O5/c21-14(19-11-6-7-11)8-12-15(22)16(23)13(25-12)9-18-17(24)20-10-4-2-1-3-5-10/h10-13,15-16,22-23H,1-9H2,(H,19,21)(H2,18,20,24)/t12-,13+,15-,16+/m0/s1. The van der Waals surface area contributed by atoms with Gasteiger partial charge in [-0.15, -0.1) is 0 Å². The van der Waals surface area contributed by atoms with Crippen molar-refractivity contribution >= 4 is 11.9 Å². The zero-order valence-corrected chi connectivity index (χ0v) is 14.4. The van der Waals surface area contributed by atoms with Gasteiger partial charge in [0.2, 0.25) is 5.91 Å². The van der Waals surface area contributed by atoms with E-state index in [1.54, 1.807) is 0 Å². The fourth-order valence-corrected chi connectivity index (χ4v) is 3.54. The van der Waals surface area contributed by atoms with Crippen LogP contribution in [0.3, 0.4) is 0 Å². The lowest BCUT2D eigenvalue weighted by molar-refractivity contribution is -0.125. The number of carbonyl (C=O) groups excluding carboxylic acids is 2. The van der Waals surface area contributed by atoms with E-state index in [4.69, 9.17) is 4.74 Å². The maximum atomic E-state index is 12.0. The topological polar surface area (TPSA) is 120 Å². The summed E-state index contributed by atoms with van der Waals surface area (Å²) >= 11 is 0. The summed E-state index contributed by atoms with van der Waals surface area (Å²) in [6, 6.07) is 0.164. The van der Waals surface area contributed by atoms with Gasteiger partial charge in [0.25, 0.3) is 0 Å². The molecule has 25 heavy (non-hydrogen) atoms. The van der Waals surface area contributed by atoms with Crippen molar-refractivity contribution in [1.29, 1.82) is 0 Å². The molecule has 3 amide bonds. The van der Waals surface area contributed by atoms with Crippen molar-refractivity contribution < 1.29 is 24.5 Å². The minimum absolute atomic E-state index is 0.0134. The highest BCUT2D eigenvalue weighted by molar-refractivity contribution is 5.77. The lowest BCUT2D eigenvalue weighted by Crippen LogP contribution is -2.47. The first-order chi connectivity index (χ1) is 12.0. The Bertz CT molecular complexity index is 479. The van der Waals surface area contributed by atoms with Crippen molar-refractivity contribution in [3.8, 4) is 0 Å². The largest absolute Gasteiger partial charge is 0.388 e. The van der Waals surface area contributed by atoms with Gasteiger partial charge in [-0.25, -0.2) is 4.79 Å². The molecule has 2 saturated carbocycles. The third-order valence-electron chi connectivity index (χ3n) is 5.19. The van der Waals surface area contributed by atoms with Gasteiger partial charge in [-0.05, 0) is 25.7 Å². The van der Waals surface area contributed by atoms with E-state index in [-0.39, 0.29) is 37.0 Å². The molecule has 0 bridgehead atoms. The number of aliphatic hydroxyl groups is 2. The van der Waals surface area contributed by atoms with Crippen molar-refractivity contribution in [3.63, 3.8) is 0 Å². The molecule has 0 aromatic rings. The van der Waals surface area contributed by atoms with Crippen LogP contribution in [0.2, 0.25) is 0 Å². The first-order valence-corrected chi connectivity index (χ1v) is 9.38. The van der Waals surface area contributed by atoms with Gasteiger partial charge in [0.05, 0.1) is 12.5 Å². The Morgan fingerprint density at radius 3 is 2.20 bits per heavy atom. The summed E-state index contributed by atoms with van der Waals surface area (Å²) in [4.78, 5) is 23.8. The van der Waals surface area contributed by atoms with Gasteiger partial charge in [-0.2, -0.15) is 0 Å². The highest BCUT2D eigenvalue weighted by Gasteiger charge is 2.43. The molecule has 0 unspecified atom stereocenters. The number of urea groups is 1. The van der Waals surface area contributed by atoms with Crippen LogP contribution in [0.25, 0.3) is 0 Å². The number of amides is 3. The van der Waals surface area contributed by atoms with Gasteiger partial charge >= 0.3 is 6.03 Å². The molecule has 4 atom stereocenters. The number of nitrogens with one attached hydrogen (secondary N) is 3. The lowest BCUT2D eigenvalue weighted by Gasteiger charge is -2.23. The molecule has 3 aliphatic rings. The van der Waals surface area contributed by atoms with E-state index in [9.17, 15) is 19.8 Å². The van der Waals surface area contributed by atoms with Gasteiger partial charge in [0.1, 0.15) is 18.3 Å². The lowest BCUT2D eigenvalue weighted by atomic mass is 9.96. The summed E-state index contributed by atoms with van der Waals surface area (Å²) in [5.74, 6) is -0.178. The Hall–Kier alpha value is -1.38. The van der Waals surface area contributed by atoms with Crippen molar-refractivity contribution in [1.82, 2.24) is 16.0 Å². The van der Waals surface area contributed by atoms with Crippen LogP contribution in [0.15, 0.2) is 0 Å². The minimum atomic E-state index is -1.13. The molecule has 8 nitrogen and oxygen atoms in total. The van der Waals surface area contributed by atoms with Crippen molar-refractivity contribution in [2.45, 2.75) is 87.9 Å². The minimum Gasteiger partial charge on any atom is -0.388 e. The van der Waals surface area contributed by atoms with E-state index in [2.05, 4.69) is 16.0 Å². The van der Waals surface area contributed by atoms with Crippen molar-refractivity contribution in [2.75, 3.05) is 6.54 Å². The first kappa shape index (κ1) is 18.4. The fraction of sp³-hybridized carbons (Fsp3) is 0.882. The highest BCUT2D eigenvalue weighted by Crippen LogP contribution is 2.24. The fourth-order valence-electron chi connectivity index (χ4n) is 3.54. The summed E-state index contributed by atoms with van der Waals surface area (Å²) in [6.07, 6.45) is 3.75. The molecule has 1 heterocycles. The smallest absolute Gasteiger partial charge is 0.315 e. The first-order valence-electron chi connectivity index (χ1n) is 9.38. The molecule has 0 aromatic heterocycles. The molecule has 8 heteroatoms. The quantitative estimate of drug-likeness (QED) is 0.451. The van der Waals surface area contributed by atoms with E-state index in [1.807, 2.05) is 0 Å². The van der Waals surface area contributed by atoms with Crippen LogP contribution >= 0.6 is 0 Å². The van der Waals surface area contributed by atoms with Gasteiger partial charge in [-0.1, -0.05) is 19.3 Å². The maximum Gasteiger partial charge on any atom is 0.315 e. The van der Waals surface area contributed by atoms with Crippen molar-refractivity contribution in [2.24, 2.45) is 0 Å². The molecule has 0 spiro atoms. The second-order valence-corrected chi connectivity index (χ2v) is 7.43. The number of hydrogen-bond acceptors (Lipinski definition) is 5. The van der Waals surface area contributed by atoms with E-state index in [0.29, 0.717) is 0 Å². The predicted octanol–water partition coefficient (Wildman–Crippen LogP) is -0.224. The Morgan fingerprint density at radius 2 is 1.52 bits per heavy atom.